The topological polar surface area (TPSA) is 69.6 Å². The van der Waals surface area contributed by atoms with Gasteiger partial charge in [-0.25, -0.2) is 4.39 Å². The van der Waals surface area contributed by atoms with E-state index in [1.807, 2.05) is 0 Å². The van der Waals surface area contributed by atoms with Gasteiger partial charge in [-0.15, -0.1) is 0 Å². The first-order valence-electron chi connectivity index (χ1n) is 8.22. The molecule has 7 heteroatoms. The summed E-state index contributed by atoms with van der Waals surface area (Å²) in [6.45, 7) is 0.114. The van der Waals surface area contributed by atoms with Crippen molar-refractivity contribution in [2.75, 3.05) is 18.0 Å². The zero-order valence-corrected chi connectivity index (χ0v) is 14.6. The van der Waals surface area contributed by atoms with Crippen LogP contribution in [0.4, 0.5) is 10.1 Å². The summed E-state index contributed by atoms with van der Waals surface area (Å²) >= 11 is 5.95. The van der Waals surface area contributed by atoms with Gasteiger partial charge in [0.1, 0.15) is 5.82 Å². The first kappa shape index (κ1) is 18.4. The molecule has 0 unspecified atom stereocenters. The summed E-state index contributed by atoms with van der Waals surface area (Å²) < 4.78 is 13.7. The summed E-state index contributed by atoms with van der Waals surface area (Å²) in [4.78, 5) is 26.1. The molecule has 136 valence electrons. The number of rotatable bonds is 5. The van der Waals surface area contributed by atoms with E-state index in [9.17, 15) is 19.1 Å². The van der Waals surface area contributed by atoms with Crippen molar-refractivity contribution in [2.45, 2.75) is 12.5 Å². The van der Waals surface area contributed by atoms with Crippen LogP contribution in [0.3, 0.4) is 0 Å². The Hall–Kier alpha value is -2.44. The predicted molar refractivity (Wildman–Crippen MR) is 96.3 cm³/mol. The van der Waals surface area contributed by atoms with Crippen LogP contribution in [0.1, 0.15) is 18.1 Å². The predicted octanol–water partition coefficient (Wildman–Crippen LogP) is 2.68. The van der Waals surface area contributed by atoms with Crippen LogP contribution >= 0.6 is 11.6 Å². The second kappa shape index (κ2) is 7.85. The van der Waals surface area contributed by atoms with E-state index in [1.165, 1.54) is 23.1 Å². The fourth-order valence-electron chi connectivity index (χ4n) is 2.97. The molecule has 0 radical (unpaired) electrons. The summed E-state index contributed by atoms with van der Waals surface area (Å²) in [6.07, 6.45) is -1.07. The van der Waals surface area contributed by atoms with Crippen LogP contribution in [0.25, 0.3) is 0 Å². The molecule has 1 saturated heterocycles. The van der Waals surface area contributed by atoms with E-state index >= 15 is 0 Å². The summed E-state index contributed by atoms with van der Waals surface area (Å²) in [5.41, 5.74) is 0.764. The molecule has 1 heterocycles. The first-order chi connectivity index (χ1) is 12.5. The standard InChI is InChI=1S/C19H18ClFN2O3/c20-13-4-3-5-14(9-13)23-11-12(8-18(23)25)19(26)22-10-17(24)15-6-1-2-7-16(15)21/h1-7,9,12,17,24H,8,10-11H2,(H,22,26)/t12-,17-/m1/s1. The van der Waals surface area contributed by atoms with Crippen molar-refractivity contribution in [3.05, 3.63) is 64.9 Å². The summed E-state index contributed by atoms with van der Waals surface area (Å²) in [5.74, 6) is -1.58. The highest BCUT2D eigenvalue weighted by Crippen LogP contribution is 2.27. The highest BCUT2D eigenvalue weighted by molar-refractivity contribution is 6.30. The second-order valence-electron chi connectivity index (χ2n) is 6.17. The molecule has 2 amide bonds. The van der Waals surface area contributed by atoms with Gasteiger partial charge >= 0.3 is 0 Å². The third kappa shape index (κ3) is 4.03. The van der Waals surface area contributed by atoms with Gasteiger partial charge in [0.15, 0.2) is 0 Å². The zero-order chi connectivity index (χ0) is 18.7. The van der Waals surface area contributed by atoms with Crippen LogP contribution in [0.15, 0.2) is 48.5 Å². The Labute approximate surface area is 155 Å². The molecule has 26 heavy (non-hydrogen) atoms. The number of halogens is 2. The number of nitrogens with zero attached hydrogens (tertiary/aromatic N) is 1. The number of anilines is 1. The maximum absolute atomic E-state index is 13.7. The van der Waals surface area contributed by atoms with Crippen molar-refractivity contribution < 1.29 is 19.1 Å². The van der Waals surface area contributed by atoms with Gasteiger partial charge in [-0.2, -0.15) is 0 Å². The molecule has 2 N–H and O–H groups in total. The minimum absolute atomic E-state index is 0.0775. The van der Waals surface area contributed by atoms with Crippen molar-refractivity contribution in [2.24, 2.45) is 5.92 Å². The quantitative estimate of drug-likeness (QED) is 0.843. The number of nitrogens with one attached hydrogen (secondary N) is 1. The number of hydrogen-bond acceptors (Lipinski definition) is 3. The Bertz CT molecular complexity index is 830. The lowest BCUT2D eigenvalue weighted by molar-refractivity contribution is -0.126. The molecule has 1 aliphatic heterocycles. The van der Waals surface area contributed by atoms with E-state index in [0.717, 1.165) is 0 Å². The number of benzene rings is 2. The molecule has 3 rings (SSSR count). The normalized spacial score (nSPS) is 18.0. The molecular formula is C19H18ClFN2O3. The Morgan fingerprint density at radius 1 is 1.31 bits per heavy atom. The Balaban J connectivity index is 1.59. The summed E-state index contributed by atoms with van der Waals surface area (Å²) in [7, 11) is 0. The van der Waals surface area contributed by atoms with E-state index in [-0.39, 0.29) is 36.9 Å². The van der Waals surface area contributed by atoms with Crippen molar-refractivity contribution in [1.82, 2.24) is 5.32 Å². The van der Waals surface area contributed by atoms with E-state index in [2.05, 4.69) is 5.32 Å². The summed E-state index contributed by atoms with van der Waals surface area (Å²) in [6, 6.07) is 12.7. The monoisotopic (exact) mass is 376 g/mol. The summed E-state index contributed by atoms with van der Waals surface area (Å²) in [5, 5.41) is 13.2. The van der Waals surface area contributed by atoms with Gasteiger partial charge < -0.3 is 15.3 Å². The van der Waals surface area contributed by atoms with Crippen LogP contribution in [-0.2, 0) is 9.59 Å². The molecule has 0 aromatic heterocycles. The van der Waals surface area contributed by atoms with Crippen molar-refractivity contribution in [1.29, 1.82) is 0 Å². The average molecular weight is 377 g/mol. The third-order valence-corrected chi connectivity index (χ3v) is 4.58. The van der Waals surface area contributed by atoms with Crippen LogP contribution < -0.4 is 10.2 Å². The fraction of sp³-hybridized carbons (Fsp3) is 0.263. The smallest absolute Gasteiger partial charge is 0.227 e. The molecule has 0 aliphatic carbocycles. The minimum atomic E-state index is -1.15. The highest BCUT2D eigenvalue weighted by atomic mass is 35.5. The molecule has 2 aromatic rings. The molecule has 2 atom stereocenters. The van der Waals surface area contributed by atoms with Crippen molar-refractivity contribution >= 4 is 29.1 Å². The van der Waals surface area contributed by atoms with E-state index in [0.29, 0.717) is 10.7 Å². The molecule has 1 fully saturated rings. The highest BCUT2D eigenvalue weighted by Gasteiger charge is 2.35. The van der Waals surface area contributed by atoms with Gasteiger partial charge in [0.05, 0.1) is 12.0 Å². The van der Waals surface area contributed by atoms with Crippen LogP contribution in [0.5, 0.6) is 0 Å². The first-order valence-corrected chi connectivity index (χ1v) is 8.59. The largest absolute Gasteiger partial charge is 0.386 e. The van der Waals surface area contributed by atoms with E-state index < -0.39 is 17.8 Å². The van der Waals surface area contributed by atoms with Gasteiger partial charge in [0, 0.05) is 35.8 Å². The number of amides is 2. The van der Waals surface area contributed by atoms with E-state index in [4.69, 9.17) is 11.6 Å². The number of carbonyl (C=O) groups excluding carboxylic acids is 2. The lowest BCUT2D eigenvalue weighted by atomic mass is 10.1. The Morgan fingerprint density at radius 2 is 2.08 bits per heavy atom. The average Bonchev–Trinajstić information content (AvgIpc) is 3.01. The molecule has 2 aromatic carbocycles. The third-order valence-electron chi connectivity index (χ3n) is 4.35. The number of carbonyl (C=O) groups is 2. The maximum atomic E-state index is 13.7. The molecular weight excluding hydrogens is 359 g/mol. The molecule has 0 saturated carbocycles. The SMILES string of the molecule is O=C(NC[C@@H](O)c1ccccc1F)[C@@H]1CC(=O)N(c2cccc(Cl)c2)C1. The molecule has 0 spiro atoms. The van der Waals surface area contributed by atoms with Crippen LogP contribution in [0, 0.1) is 11.7 Å². The minimum Gasteiger partial charge on any atom is -0.386 e. The van der Waals surface area contributed by atoms with Gasteiger partial charge in [0.25, 0.3) is 0 Å². The van der Waals surface area contributed by atoms with Gasteiger partial charge in [-0.1, -0.05) is 35.9 Å². The number of hydrogen-bond donors (Lipinski definition) is 2. The van der Waals surface area contributed by atoms with Crippen molar-refractivity contribution in [3.63, 3.8) is 0 Å². The van der Waals surface area contributed by atoms with Crippen LogP contribution in [-0.4, -0.2) is 30.0 Å². The van der Waals surface area contributed by atoms with Crippen LogP contribution in [0.2, 0.25) is 5.02 Å². The number of aliphatic hydroxyl groups is 1. The van der Waals surface area contributed by atoms with Gasteiger partial charge in [0.2, 0.25) is 11.8 Å². The zero-order valence-electron chi connectivity index (χ0n) is 13.9. The molecule has 1 aliphatic rings. The second-order valence-corrected chi connectivity index (χ2v) is 6.60. The van der Waals surface area contributed by atoms with Gasteiger partial charge in [-0.05, 0) is 24.3 Å². The lowest BCUT2D eigenvalue weighted by Gasteiger charge is -2.18. The number of aliphatic hydroxyl groups excluding tert-OH is 1. The fourth-order valence-corrected chi connectivity index (χ4v) is 3.16. The van der Waals surface area contributed by atoms with E-state index in [1.54, 1.807) is 30.3 Å². The molecule has 0 bridgehead atoms. The van der Waals surface area contributed by atoms with Gasteiger partial charge in [-0.3, -0.25) is 9.59 Å². The maximum Gasteiger partial charge on any atom is 0.227 e. The lowest BCUT2D eigenvalue weighted by Crippen LogP contribution is -2.35. The Morgan fingerprint density at radius 3 is 2.81 bits per heavy atom. The van der Waals surface area contributed by atoms with Crippen molar-refractivity contribution in [3.8, 4) is 0 Å². The molecule has 5 nitrogen and oxygen atoms in total. The Kier molecular flexibility index (Phi) is 5.54.